The summed E-state index contributed by atoms with van der Waals surface area (Å²) in [5.41, 5.74) is -0.376. The van der Waals surface area contributed by atoms with Crippen LogP contribution in [0.25, 0.3) is 10.9 Å². The van der Waals surface area contributed by atoms with E-state index in [4.69, 9.17) is 11.6 Å². The number of benzene rings is 1. The summed E-state index contributed by atoms with van der Waals surface area (Å²) in [6.45, 7) is 3.66. The number of hydrogen-bond acceptors (Lipinski definition) is 4. The normalized spacial score (nSPS) is 12.3. The fraction of sp³-hybridized carbons (Fsp3) is 0.278. The van der Waals surface area contributed by atoms with Gasteiger partial charge in [0.2, 0.25) is 5.91 Å². The number of thiophene rings is 1. The van der Waals surface area contributed by atoms with E-state index in [2.05, 4.69) is 5.32 Å². The highest BCUT2D eigenvalue weighted by Crippen LogP contribution is 2.26. The van der Waals surface area contributed by atoms with Crippen LogP contribution in [-0.4, -0.2) is 15.0 Å². The first kappa shape index (κ1) is 18.4. The van der Waals surface area contributed by atoms with Gasteiger partial charge < -0.3 is 5.32 Å². The molecule has 0 saturated carbocycles. The Labute approximate surface area is 158 Å². The number of carbonyl (C=O) groups excluding carboxylic acids is 1. The molecule has 0 spiro atoms. The smallest absolute Gasteiger partial charge is 0.331 e. The summed E-state index contributed by atoms with van der Waals surface area (Å²) in [5, 5.41) is 3.28. The summed E-state index contributed by atoms with van der Waals surface area (Å²) in [7, 11) is 0. The first-order chi connectivity index (χ1) is 12.4. The zero-order valence-electron chi connectivity index (χ0n) is 14.4. The van der Waals surface area contributed by atoms with E-state index in [0.717, 1.165) is 9.44 Å². The van der Waals surface area contributed by atoms with Gasteiger partial charge in [-0.15, -0.1) is 11.3 Å². The summed E-state index contributed by atoms with van der Waals surface area (Å²) in [4.78, 5) is 38.5. The lowest BCUT2D eigenvalue weighted by molar-refractivity contribution is -0.122. The molecular weight excluding hydrogens is 374 g/mol. The van der Waals surface area contributed by atoms with Gasteiger partial charge in [0.15, 0.2) is 0 Å². The number of rotatable bonds is 5. The molecule has 0 saturated heterocycles. The molecule has 6 nitrogen and oxygen atoms in total. The fourth-order valence-electron chi connectivity index (χ4n) is 2.87. The number of nitrogens with zero attached hydrogens (tertiary/aromatic N) is 2. The first-order valence-electron chi connectivity index (χ1n) is 8.19. The second kappa shape index (κ2) is 7.47. The second-order valence-corrected chi connectivity index (χ2v) is 7.61. The van der Waals surface area contributed by atoms with Crippen LogP contribution in [0.4, 0.5) is 0 Å². The molecule has 1 aromatic carbocycles. The number of hydrogen-bond donors (Lipinski definition) is 1. The van der Waals surface area contributed by atoms with Crippen LogP contribution in [0.1, 0.15) is 24.8 Å². The Morgan fingerprint density at radius 1 is 1.19 bits per heavy atom. The third-order valence-corrected chi connectivity index (χ3v) is 5.56. The maximum atomic E-state index is 12.7. The van der Waals surface area contributed by atoms with Gasteiger partial charge in [-0.1, -0.05) is 23.7 Å². The number of fused-ring (bicyclic) bond motifs is 1. The van der Waals surface area contributed by atoms with Crippen molar-refractivity contribution in [2.24, 2.45) is 0 Å². The molecule has 136 valence electrons. The molecule has 1 N–H and O–H groups in total. The zero-order chi connectivity index (χ0) is 18.8. The van der Waals surface area contributed by atoms with Gasteiger partial charge in [-0.05, 0) is 38.1 Å². The summed E-state index contributed by atoms with van der Waals surface area (Å²) >= 11 is 7.33. The second-order valence-electron chi connectivity index (χ2n) is 5.87. The SMILES string of the molecule is CCn1c(=O)c2ccccc2n(CC(=O)NC(C)c2ccc(Cl)s2)c1=O. The van der Waals surface area contributed by atoms with Gasteiger partial charge in [-0.25, -0.2) is 4.79 Å². The highest BCUT2D eigenvalue weighted by molar-refractivity contribution is 7.16. The van der Waals surface area contributed by atoms with E-state index in [1.807, 2.05) is 13.0 Å². The molecule has 2 heterocycles. The monoisotopic (exact) mass is 391 g/mol. The Balaban J connectivity index is 1.94. The van der Waals surface area contributed by atoms with Crippen molar-refractivity contribution in [3.05, 3.63) is 66.4 Å². The lowest BCUT2D eigenvalue weighted by atomic mass is 10.2. The van der Waals surface area contributed by atoms with Crippen molar-refractivity contribution in [3.63, 3.8) is 0 Å². The highest BCUT2D eigenvalue weighted by Gasteiger charge is 2.16. The Morgan fingerprint density at radius 3 is 2.58 bits per heavy atom. The zero-order valence-corrected chi connectivity index (χ0v) is 15.9. The number of amides is 1. The van der Waals surface area contributed by atoms with E-state index < -0.39 is 5.69 Å². The van der Waals surface area contributed by atoms with Gasteiger partial charge in [0.1, 0.15) is 6.54 Å². The van der Waals surface area contributed by atoms with E-state index in [9.17, 15) is 14.4 Å². The minimum atomic E-state index is -0.488. The van der Waals surface area contributed by atoms with Crippen molar-refractivity contribution < 1.29 is 4.79 Å². The van der Waals surface area contributed by atoms with Gasteiger partial charge in [0.25, 0.3) is 5.56 Å². The predicted molar refractivity (Wildman–Crippen MR) is 104 cm³/mol. The largest absolute Gasteiger partial charge is 0.347 e. The molecule has 26 heavy (non-hydrogen) atoms. The summed E-state index contributed by atoms with van der Waals surface area (Å²) in [5.74, 6) is -0.310. The average molecular weight is 392 g/mol. The minimum Gasteiger partial charge on any atom is -0.347 e. The molecule has 1 unspecified atom stereocenters. The van der Waals surface area contributed by atoms with Crippen LogP contribution in [-0.2, 0) is 17.9 Å². The van der Waals surface area contributed by atoms with Gasteiger partial charge in [0, 0.05) is 11.4 Å². The lowest BCUT2D eigenvalue weighted by Gasteiger charge is -2.15. The first-order valence-corrected chi connectivity index (χ1v) is 9.38. The van der Waals surface area contributed by atoms with Gasteiger partial charge in [-0.2, -0.15) is 0 Å². The van der Waals surface area contributed by atoms with Crippen LogP contribution in [0.3, 0.4) is 0 Å². The molecule has 1 atom stereocenters. The molecular formula is C18H18ClN3O3S. The molecule has 1 amide bonds. The summed E-state index contributed by atoms with van der Waals surface area (Å²) in [6, 6.07) is 10.2. The Bertz CT molecular complexity index is 1080. The number of aromatic nitrogens is 2. The van der Waals surface area contributed by atoms with Crippen LogP contribution >= 0.6 is 22.9 Å². The maximum Gasteiger partial charge on any atom is 0.331 e. The van der Waals surface area contributed by atoms with Crippen molar-refractivity contribution in [3.8, 4) is 0 Å². The molecule has 3 rings (SSSR count). The van der Waals surface area contributed by atoms with Gasteiger partial charge in [0.05, 0.1) is 21.3 Å². The van der Waals surface area contributed by atoms with Crippen LogP contribution < -0.4 is 16.6 Å². The molecule has 0 aliphatic carbocycles. The molecule has 0 bridgehead atoms. The average Bonchev–Trinajstić information content (AvgIpc) is 3.06. The molecule has 2 aromatic heterocycles. The molecule has 0 radical (unpaired) electrons. The topological polar surface area (TPSA) is 73.1 Å². The number of nitrogens with one attached hydrogen (secondary N) is 1. The van der Waals surface area contributed by atoms with Crippen LogP contribution in [0, 0.1) is 0 Å². The number of para-hydroxylation sites is 1. The summed E-state index contributed by atoms with van der Waals surface area (Å²) in [6.07, 6.45) is 0. The van der Waals surface area contributed by atoms with E-state index in [-0.39, 0.29) is 30.6 Å². The van der Waals surface area contributed by atoms with E-state index >= 15 is 0 Å². The lowest BCUT2D eigenvalue weighted by Crippen LogP contribution is -2.42. The minimum absolute atomic E-state index is 0.164. The van der Waals surface area contributed by atoms with E-state index in [1.54, 1.807) is 37.3 Å². The van der Waals surface area contributed by atoms with Crippen molar-refractivity contribution in [1.29, 1.82) is 0 Å². The van der Waals surface area contributed by atoms with Crippen molar-refractivity contribution >= 4 is 39.7 Å². The Morgan fingerprint density at radius 2 is 1.92 bits per heavy atom. The van der Waals surface area contributed by atoms with Gasteiger partial charge in [-0.3, -0.25) is 18.7 Å². The van der Waals surface area contributed by atoms with Crippen molar-refractivity contribution in [1.82, 2.24) is 14.5 Å². The number of carbonyl (C=O) groups is 1. The Hall–Kier alpha value is -2.38. The van der Waals surface area contributed by atoms with Crippen LogP contribution in [0.2, 0.25) is 4.34 Å². The Kier molecular flexibility index (Phi) is 5.29. The number of halogens is 1. The molecule has 0 aliphatic heterocycles. The molecule has 8 heteroatoms. The van der Waals surface area contributed by atoms with Gasteiger partial charge >= 0.3 is 5.69 Å². The molecule has 0 fully saturated rings. The summed E-state index contributed by atoms with van der Waals surface area (Å²) < 4.78 is 3.13. The third kappa shape index (κ3) is 3.45. The van der Waals surface area contributed by atoms with Crippen molar-refractivity contribution in [2.45, 2.75) is 33.0 Å². The quantitative estimate of drug-likeness (QED) is 0.726. The fourth-order valence-corrected chi connectivity index (χ4v) is 3.93. The highest BCUT2D eigenvalue weighted by atomic mass is 35.5. The van der Waals surface area contributed by atoms with Crippen LogP contribution in [0.5, 0.6) is 0 Å². The van der Waals surface area contributed by atoms with E-state index in [1.165, 1.54) is 15.9 Å². The van der Waals surface area contributed by atoms with Crippen LogP contribution in [0.15, 0.2) is 46.0 Å². The predicted octanol–water partition coefficient (Wildman–Crippen LogP) is 2.78. The van der Waals surface area contributed by atoms with Crippen molar-refractivity contribution in [2.75, 3.05) is 0 Å². The maximum absolute atomic E-state index is 12.7. The standard InChI is InChI=1S/C18H18ClN3O3S/c1-3-21-17(24)12-6-4-5-7-13(12)22(18(21)25)10-16(23)20-11(2)14-8-9-15(19)26-14/h4-9,11H,3,10H2,1-2H3,(H,20,23). The molecule has 0 aliphatic rings. The molecule has 3 aromatic rings. The van der Waals surface area contributed by atoms with E-state index in [0.29, 0.717) is 15.2 Å². The third-order valence-electron chi connectivity index (χ3n) is 4.15.